The molecule has 0 radical (unpaired) electrons. The van der Waals surface area contributed by atoms with Crippen LogP contribution in [0.25, 0.3) is 22.0 Å². The van der Waals surface area contributed by atoms with Gasteiger partial charge in [0.05, 0.1) is 28.8 Å². The number of halogens is 5. The molecule has 0 saturated heterocycles. The highest BCUT2D eigenvalue weighted by Crippen LogP contribution is 2.38. The zero-order valence-electron chi connectivity index (χ0n) is 20.0. The molecule has 0 amide bonds. The molecule has 11 heteroatoms. The quantitative estimate of drug-likeness (QED) is 0.240. The second kappa shape index (κ2) is 12.2. The smallest absolute Gasteiger partial charge is 0.482 e. The molecule has 4 rings (SSSR count). The number of fused-ring (bicyclic) bond motifs is 1. The summed E-state index contributed by atoms with van der Waals surface area (Å²) < 4.78 is 37.3. The number of hydrogen-bond donors (Lipinski definition) is 3. The Bertz CT molecular complexity index is 1490. The maximum absolute atomic E-state index is 10.6. The standard InChI is InChI=1S/C25H21Cl2N3O.C2HF3O2/c1-31-25-19(10-11-28)24-20(12-16-4-8-21(26)22(27)13-16)18(7-9-23(24)30-25)17-5-2-15(14-29)3-6-17;3-2(4,5)1(6)7/h2-9,13,30H,10-12,28H2,1H3;(H,6,7). The van der Waals surface area contributed by atoms with Crippen molar-refractivity contribution in [2.24, 2.45) is 5.73 Å². The average Bonchev–Trinajstić information content (AvgIpc) is 3.24. The maximum atomic E-state index is 10.6. The van der Waals surface area contributed by atoms with Gasteiger partial charge in [0.2, 0.25) is 0 Å². The molecule has 0 bridgehead atoms. The van der Waals surface area contributed by atoms with Crippen molar-refractivity contribution in [3.63, 3.8) is 0 Å². The molecule has 0 aliphatic rings. The van der Waals surface area contributed by atoms with Crippen molar-refractivity contribution in [3.8, 4) is 23.1 Å². The van der Waals surface area contributed by atoms with Crippen molar-refractivity contribution in [2.45, 2.75) is 19.0 Å². The fourth-order valence-corrected chi connectivity index (χ4v) is 4.32. The molecule has 0 saturated carbocycles. The summed E-state index contributed by atoms with van der Waals surface area (Å²) in [5, 5.41) is 18.5. The minimum absolute atomic E-state index is 0.511. The van der Waals surface area contributed by atoms with E-state index < -0.39 is 12.1 Å². The number of aromatic nitrogens is 1. The summed E-state index contributed by atoms with van der Waals surface area (Å²) in [4.78, 5) is 12.3. The molecule has 3 aromatic carbocycles. The monoisotopic (exact) mass is 563 g/mol. The van der Waals surface area contributed by atoms with Crippen molar-refractivity contribution in [1.82, 2.24) is 4.98 Å². The lowest BCUT2D eigenvalue weighted by atomic mass is 9.90. The van der Waals surface area contributed by atoms with Crippen molar-refractivity contribution >= 4 is 40.1 Å². The highest BCUT2D eigenvalue weighted by atomic mass is 35.5. The summed E-state index contributed by atoms with van der Waals surface area (Å²) in [5.74, 6) is -2.03. The van der Waals surface area contributed by atoms with E-state index in [1.165, 1.54) is 0 Å². The van der Waals surface area contributed by atoms with Gasteiger partial charge in [-0.25, -0.2) is 4.79 Å². The SMILES string of the molecule is COc1[nH]c2ccc(-c3ccc(C#N)cc3)c(Cc3ccc(Cl)c(Cl)c3)c2c1CCN.O=C(O)C(F)(F)F. The van der Waals surface area contributed by atoms with Crippen LogP contribution in [0.4, 0.5) is 13.2 Å². The second-order valence-corrected chi connectivity index (χ2v) is 8.92. The summed E-state index contributed by atoms with van der Waals surface area (Å²) in [6, 6.07) is 19.7. The van der Waals surface area contributed by atoms with Gasteiger partial charge < -0.3 is 20.6 Å². The van der Waals surface area contributed by atoms with E-state index in [-0.39, 0.29) is 0 Å². The Hall–Kier alpha value is -3.71. The largest absolute Gasteiger partial charge is 0.490 e. The Morgan fingerprint density at radius 1 is 1.08 bits per heavy atom. The summed E-state index contributed by atoms with van der Waals surface area (Å²) in [6.45, 7) is 0.511. The molecule has 0 unspecified atom stereocenters. The Kier molecular flexibility index (Phi) is 9.28. The van der Waals surface area contributed by atoms with Crippen molar-refractivity contribution in [3.05, 3.63) is 86.9 Å². The summed E-state index contributed by atoms with van der Waals surface area (Å²) in [7, 11) is 1.66. The predicted octanol–water partition coefficient (Wildman–Crippen LogP) is 6.75. The third kappa shape index (κ3) is 6.58. The van der Waals surface area contributed by atoms with Crippen LogP contribution in [0.5, 0.6) is 5.88 Å². The predicted molar refractivity (Wildman–Crippen MR) is 141 cm³/mol. The fourth-order valence-electron chi connectivity index (χ4n) is 4.00. The van der Waals surface area contributed by atoms with E-state index in [2.05, 4.69) is 23.2 Å². The molecule has 1 heterocycles. The minimum Gasteiger partial charge on any atom is -0.482 e. The van der Waals surface area contributed by atoms with E-state index in [0.29, 0.717) is 35.0 Å². The number of benzene rings is 3. The van der Waals surface area contributed by atoms with E-state index >= 15 is 0 Å². The van der Waals surface area contributed by atoms with Gasteiger partial charge in [-0.1, -0.05) is 47.5 Å². The number of ether oxygens (including phenoxy) is 1. The molecule has 198 valence electrons. The summed E-state index contributed by atoms with van der Waals surface area (Å²) in [6.07, 6.45) is -3.74. The Labute approximate surface area is 226 Å². The lowest BCUT2D eigenvalue weighted by molar-refractivity contribution is -0.192. The topological polar surface area (TPSA) is 112 Å². The van der Waals surface area contributed by atoms with Gasteiger partial charge in [-0.3, -0.25) is 0 Å². The van der Waals surface area contributed by atoms with Gasteiger partial charge in [-0.05, 0) is 72.0 Å². The number of alkyl halides is 3. The number of H-pyrrole nitrogens is 1. The third-order valence-corrected chi connectivity index (χ3v) is 6.41. The third-order valence-electron chi connectivity index (χ3n) is 5.67. The number of nitrogens with one attached hydrogen (secondary N) is 1. The van der Waals surface area contributed by atoms with E-state index in [0.717, 1.165) is 44.6 Å². The molecule has 0 spiro atoms. The van der Waals surface area contributed by atoms with Gasteiger partial charge in [-0.15, -0.1) is 0 Å². The number of nitriles is 1. The van der Waals surface area contributed by atoms with E-state index in [1.54, 1.807) is 7.11 Å². The highest BCUT2D eigenvalue weighted by molar-refractivity contribution is 6.42. The summed E-state index contributed by atoms with van der Waals surface area (Å²) >= 11 is 12.4. The molecule has 38 heavy (non-hydrogen) atoms. The van der Waals surface area contributed by atoms with Crippen molar-refractivity contribution < 1.29 is 27.8 Å². The van der Waals surface area contributed by atoms with Crippen LogP contribution >= 0.6 is 23.2 Å². The summed E-state index contributed by atoms with van der Waals surface area (Å²) in [5.41, 5.74) is 12.9. The van der Waals surface area contributed by atoms with E-state index in [9.17, 15) is 13.2 Å². The molecule has 0 aliphatic carbocycles. The van der Waals surface area contributed by atoms with Crippen LogP contribution in [-0.2, 0) is 17.6 Å². The lowest BCUT2D eigenvalue weighted by Crippen LogP contribution is -2.21. The number of carboxylic acid groups (broad SMARTS) is 1. The number of nitrogens with two attached hydrogens (primary N) is 1. The molecule has 6 nitrogen and oxygen atoms in total. The number of hydrogen-bond acceptors (Lipinski definition) is 4. The molecule has 4 N–H and O–H groups in total. The molecule has 0 fully saturated rings. The zero-order chi connectivity index (χ0) is 28.0. The second-order valence-electron chi connectivity index (χ2n) is 8.11. The van der Waals surface area contributed by atoms with Crippen LogP contribution < -0.4 is 10.5 Å². The highest BCUT2D eigenvalue weighted by Gasteiger charge is 2.38. The minimum atomic E-state index is -5.08. The van der Waals surface area contributed by atoms with Crippen LogP contribution in [0.1, 0.15) is 22.3 Å². The van der Waals surface area contributed by atoms with Crippen molar-refractivity contribution in [1.29, 1.82) is 5.26 Å². The van der Waals surface area contributed by atoms with Gasteiger partial charge in [0.15, 0.2) is 5.88 Å². The number of carboxylic acids is 1. The van der Waals surface area contributed by atoms with Crippen LogP contribution in [0.3, 0.4) is 0 Å². The first-order valence-corrected chi connectivity index (χ1v) is 11.9. The Morgan fingerprint density at radius 3 is 2.26 bits per heavy atom. The number of methoxy groups -OCH3 is 1. The fraction of sp³-hybridized carbons (Fsp3) is 0.185. The van der Waals surface area contributed by atoms with Crippen LogP contribution in [0.2, 0.25) is 10.0 Å². The van der Waals surface area contributed by atoms with Gasteiger partial charge in [0.25, 0.3) is 0 Å². The number of rotatable bonds is 6. The van der Waals surface area contributed by atoms with Crippen LogP contribution in [-0.4, -0.2) is 35.9 Å². The van der Waals surface area contributed by atoms with E-state index in [1.807, 2.05) is 42.5 Å². The van der Waals surface area contributed by atoms with Crippen LogP contribution in [0.15, 0.2) is 54.6 Å². The Balaban J connectivity index is 0.000000505. The molecule has 0 aliphatic heterocycles. The maximum Gasteiger partial charge on any atom is 0.490 e. The van der Waals surface area contributed by atoms with Gasteiger partial charge in [-0.2, -0.15) is 18.4 Å². The first-order chi connectivity index (χ1) is 18.0. The Morgan fingerprint density at radius 2 is 1.74 bits per heavy atom. The van der Waals surface area contributed by atoms with Gasteiger partial charge in [0.1, 0.15) is 0 Å². The van der Waals surface area contributed by atoms with Gasteiger partial charge in [0, 0.05) is 16.5 Å². The molecular weight excluding hydrogens is 542 g/mol. The number of aliphatic carboxylic acids is 1. The number of aromatic amines is 1. The molecular formula is C27H22Cl2F3N3O3. The molecule has 1 aromatic heterocycles. The van der Waals surface area contributed by atoms with Crippen LogP contribution in [0, 0.1) is 11.3 Å². The molecule has 4 aromatic rings. The zero-order valence-corrected chi connectivity index (χ0v) is 21.5. The average molecular weight is 564 g/mol. The normalized spacial score (nSPS) is 11.0. The lowest BCUT2D eigenvalue weighted by Gasteiger charge is -2.14. The number of nitrogens with zero attached hydrogens (tertiary/aromatic N) is 1. The van der Waals surface area contributed by atoms with Crippen molar-refractivity contribution in [2.75, 3.05) is 13.7 Å². The van der Waals surface area contributed by atoms with E-state index in [4.69, 9.17) is 48.8 Å². The number of carbonyl (C=O) groups is 1. The first-order valence-electron chi connectivity index (χ1n) is 11.1. The first kappa shape index (κ1) is 28.9. The molecule has 0 atom stereocenters. The van der Waals surface area contributed by atoms with Gasteiger partial charge >= 0.3 is 12.1 Å².